The molecule has 4 heteroatoms. The zero-order valence-corrected chi connectivity index (χ0v) is 10.9. The lowest BCUT2D eigenvalue weighted by Crippen LogP contribution is -2.39. The number of hydrogen-bond acceptors (Lipinski definition) is 2. The molecule has 0 amide bonds. The van der Waals surface area contributed by atoms with Crippen LogP contribution in [0.1, 0.15) is 58.3 Å². The molecule has 0 rings (SSSR count). The Kier molecular flexibility index (Phi) is 7.86. The van der Waals surface area contributed by atoms with Crippen molar-refractivity contribution in [3.63, 3.8) is 0 Å². The van der Waals surface area contributed by atoms with Gasteiger partial charge in [-0.25, -0.2) is 0 Å². The molecule has 0 heterocycles. The fourth-order valence-corrected chi connectivity index (χ4v) is 1.93. The number of aliphatic carboxylic acids is 2. The summed E-state index contributed by atoms with van der Waals surface area (Å²) in [7, 11) is 0. The maximum Gasteiger partial charge on any atom is 0.322 e. The third-order valence-electron chi connectivity index (χ3n) is 3.18. The van der Waals surface area contributed by atoms with Gasteiger partial charge in [-0.05, 0) is 6.42 Å². The Balaban J connectivity index is 4.30. The van der Waals surface area contributed by atoms with Crippen molar-refractivity contribution in [3.8, 4) is 12.3 Å². The summed E-state index contributed by atoms with van der Waals surface area (Å²) in [6.07, 6.45) is 10.8. The first kappa shape index (κ1) is 16.5. The normalized spacial score (nSPS) is 10.9. The number of terminal acetylenes is 1. The van der Waals surface area contributed by atoms with E-state index >= 15 is 0 Å². The van der Waals surface area contributed by atoms with Crippen LogP contribution in [0.25, 0.3) is 0 Å². The van der Waals surface area contributed by atoms with E-state index in [1.165, 1.54) is 0 Å². The van der Waals surface area contributed by atoms with Crippen molar-refractivity contribution < 1.29 is 19.8 Å². The second-order valence-corrected chi connectivity index (χ2v) is 4.59. The molecule has 0 atom stereocenters. The summed E-state index contributed by atoms with van der Waals surface area (Å²) < 4.78 is 0. The van der Waals surface area contributed by atoms with Crippen molar-refractivity contribution in [1.29, 1.82) is 0 Å². The van der Waals surface area contributed by atoms with Gasteiger partial charge in [0, 0.05) is 6.42 Å². The molecule has 0 aliphatic carbocycles. The van der Waals surface area contributed by atoms with Crippen molar-refractivity contribution in [3.05, 3.63) is 0 Å². The Bertz CT molecular complexity index is 300. The first-order valence-electron chi connectivity index (χ1n) is 6.41. The Hall–Kier alpha value is -1.50. The molecule has 18 heavy (non-hydrogen) atoms. The average Bonchev–Trinajstić information content (AvgIpc) is 2.31. The highest BCUT2D eigenvalue weighted by molar-refractivity contribution is 5.98. The van der Waals surface area contributed by atoms with Gasteiger partial charge in [0.05, 0.1) is 0 Å². The van der Waals surface area contributed by atoms with Crippen LogP contribution in [0, 0.1) is 17.8 Å². The molecule has 4 nitrogen and oxygen atoms in total. The van der Waals surface area contributed by atoms with E-state index in [9.17, 15) is 9.59 Å². The first-order chi connectivity index (χ1) is 8.51. The maximum atomic E-state index is 11.1. The molecule has 102 valence electrons. The van der Waals surface area contributed by atoms with E-state index in [-0.39, 0.29) is 12.8 Å². The van der Waals surface area contributed by atoms with Gasteiger partial charge in [-0.15, -0.1) is 12.3 Å². The molecule has 0 bridgehead atoms. The predicted octanol–water partition coefficient (Wildman–Crippen LogP) is 2.92. The molecule has 0 aliphatic rings. The smallest absolute Gasteiger partial charge is 0.322 e. The van der Waals surface area contributed by atoms with Gasteiger partial charge in [0.25, 0.3) is 0 Å². The van der Waals surface area contributed by atoms with Gasteiger partial charge in [0.15, 0.2) is 5.41 Å². The van der Waals surface area contributed by atoms with Gasteiger partial charge in [0.1, 0.15) is 0 Å². The van der Waals surface area contributed by atoms with Gasteiger partial charge in [-0.1, -0.05) is 45.4 Å². The van der Waals surface area contributed by atoms with Crippen LogP contribution in [-0.4, -0.2) is 22.2 Å². The van der Waals surface area contributed by atoms with Gasteiger partial charge in [-0.3, -0.25) is 9.59 Å². The van der Waals surface area contributed by atoms with Crippen LogP contribution in [0.15, 0.2) is 0 Å². The van der Waals surface area contributed by atoms with Crippen LogP contribution in [0.2, 0.25) is 0 Å². The summed E-state index contributed by atoms with van der Waals surface area (Å²) in [5.41, 5.74) is -1.81. The average molecular weight is 254 g/mol. The largest absolute Gasteiger partial charge is 0.480 e. The number of carbonyl (C=O) groups is 2. The van der Waals surface area contributed by atoms with Gasteiger partial charge in [0.2, 0.25) is 0 Å². The molecule has 0 aromatic carbocycles. The molecule has 0 aliphatic heterocycles. The van der Waals surface area contributed by atoms with Crippen molar-refractivity contribution in [2.24, 2.45) is 5.41 Å². The van der Waals surface area contributed by atoms with E-state index < -0.39 is 17.4 Å². The monoisotopic (exact) mass is 254 g/mol. The minimum absolute atomic E-state index is 0.105. The number of rotatable bonds is 10. The highest BCUT2D eigenvalue weighted by Gasteiger charge is 2.45. The standard InChI is InChI=1S/C14H22O4/c1-3-5-6-7-8-9-11-14(10-4-2,12(15)16)13(17)18/h2H,3,5-11H2,1H3,(H,15,16)(H,17,18). The first-order valence-corrected chi connectivity index (χ1v) is 6.41. The SMILES string of the molecule is C#CCC(CCCCCCCC)(C(=O)O)C(=O)O. The zero-order valence-electron chi connectivity index (χ0n) is 10.9. The molecule has 2 N–H and O–H groups in total. The minimum atomic E-state index is -1.81. The molecule has 0 unspecified atom stereocenters. The fourth-order valence-electron chi connectivity index (χ4n) is 1.93. The van der Waals surface area contributed by atoms with Crippen molar-refractivity contribution in [1.82, 2.24) is 0 Å². The molecule has 0 spiro atoms. The molecule has 0 aromatic heterocycles. The molecular weight excluding hydrogens is 232 g/mol. The third-order valence-corrected chi connectivity index (χ3v) is 3.18. The highest BCUT2D eigenvalue weighted by Crippen LogP contribution is 2.30. The van der Waals surface area contributed by atoms with Gasteiger partial charge in [-0.2, -0.15) is 0 Å². The molecule has 0 fully saturated rings. The quantitative estimate of drug-likeness (QED) is 0.357. The van der Waals surface area contributed by atoms with Crippen LogP contribution in [0.4, 0.5) is 0 Å². The van der Waals surface area contributed by atoms with Gasteiger partial charge >= 0.3 is 11.9 Å². The summed E-state index contributed by atoms with van der Waals surface area (Å²) in [6.45, 7) is 2.12. The van der Waals surface area contributed by atoms with Crippen molar-refractivity contribution in [2.45, 2.75) is 58.3 Å². The highest BCUT2D eigenvalue weighted by atomic mass is 16.4. The van der Waals surface area contributed by atoms with Crippen LogP contribution in [0.3, 0.4) is 0 Å². The van der Waals surface area contributed by atoms with Crippen LogP contribution >= 0.6 is 0 Å². The van der Waals surface area contributed by atoms with Crippen LogP contribution in [-0.2, 0) is 9.59 Å². The van der Waals surface area contributed by atoms with Crippen LogP contribution < -0.4 is 0 Å². The number of carboxylic acids is 2. The third kappa shape index (κ3) is 4.79. The molecular formula is C14H22O4. The Morgan fingerprint density at radius 3 is 2.00 bits per heavy atom. The fraction of sp³-hybridized carbons (Fsp3) is 0.714. The summed E-state index contributed by atoms with van der Waals surface area (Å²) >= 11 is 0. The van der Waals surface area contributed by atoms with Crippen molar-refractivity contribution >= 4 is 11.9 Å². The summed E-state index contributed by atoms with van der Waals surface area (Å²) in [6, 6.07) is 0. The molecule has 0 saturated heterocycles. The lowest BCUT2D eigenvalue weighted by Gasteiger charge is -2.22. The minimum Gasteiger partial charge on any atom is -0.480 e. The molecule has 0 saturated carbocycles. The zero-order chi connectivity index (χ0) is 14.0. The Morgan fingerprint density at radius 1 is 1.06 bits per heavy atom. The van der Waals surface area contributed by atoms with E-state index in [4.69, 9.17) is 16.6 Å². The lowest BCUT2D eigenvalue weighted by molar-refractivity contribution is -0.165. The topological polar surface area (TPSA) is 74.6 Å². The van der Waals surface area contributed by atoms with E-state index in [0.717, 1.165) is 32.1 Å². The van der Waals surface area contributed by atoms with E-state index in [0.29, 0.717) is 6.42 Å². The van der Waals surface area contributed by atoms with Crippen molar-refractivity contribution in [2.75, 3.05) is 0 Å². The number of hydrogen-bond donors (Lipinski definition) is 2. The van der Waals surface area contributed by atoms with E-state index in [2.05, 4.69) is 12.8 Å². The summed E-state index contributed by atoms with van der Waals surface area (Å²) in [5, 5.41) is 18.2. The van der Waals surface area contributed by atoms with E-state index in [1.807, 2.05) is 0 Å². The molecule has 0 aromatic rings. The predicted molar refractivity (Wildman–Crippen MR) is 69.1 cm³/mol. The Labute approximate surface area is 108 Å². The second-order valence-electron chi connectivity index (χ2n) is 4.59. The summed E-state index contributed by atoms with van der Waals surface area (Å²) in [5.74, 6) is -0.493. The number of unbranched alkanes of at least 4 members (excludes halogenated alkanes) is 5. The maximum absolute atomic E-state index is 11.1. The Morgan fingerprint density at radius 2 is 1.56 bits per heavy atom. The number of carboxylic acid groups (broad SMARTS) is 2. The molecule has 0 radical (unpaired) electrons. The second kappa shape index (κ2) is 8.57. The van der Waals surface area contributed by atoms with Gasteiger partial charge < -0.3 is 10.2 Å². The summed E-state index contributed by atoms with van der Waals surface area (Å²) in [4.78, 5) is 22.3. The van der Waals surface area contributed by atoms with Crippen LogP contribution in [0.5, 0.6) is 0 Å². The van der Waals surface area contributed by atoms with E-state index in [1.54, 1.807) is 0 Å². The lowest BCUT2D eigenvalue weighted by atomic mass is 9.79.